The van der Waals surface area contributed by atoms with Gasteiger partial charge in [-0.25, -0.2) is 9.59 Å². The Kier molecular flexibility index (Phi) is 5.78. The van der Waals surface area contributed by atoms with Crippen LogP contribution in [0.2, 0.25) is 0 Å². The Hall–Kier alpha value is -2.04. The number of esters is 2. The molecule has 0 aromatic heterocycles. The molecule has 1 fully saturated rings. The third-order valence-corrected chi connectivity index (χ3v) is 5.85. The molecule has 3 rings (SSSR count). The van der Waals surface area contributed by atoms with E-state index in [2.05, 4.69) is 0 Å². The molecular formula is C21H20Cl2O4. The molecule has 0 bridgehead atoms. The highest BCUT2D eigenvalue weighted by Gasteiger charge is 2.64. The fraction of sp³-hybridized carbons (Fsp3) is 0.333. The van der Waals surface area contributed by atoms with E-state index in [1.807, 2.05) is 38.1 Å². The quantitative estimate of drug-likeness (QED) is 0.513. The SMILES string of the molecule is Cc1ccc(C(=O)OCC2C(COC(=O)c3ccc(C)cc3)C2(Cl)Cl)cc1. The van der Waals surface area contributed by atoms with Gasteiger partial charge in [-0.3, -0.25) is 0 Å². The monoisotopic (exact) mass is 406 g/mol. The zero-order valence-electron chi connectivity index (χ0n) is 15.1. The highest BCUT2D eigenvalue weighted by Crippen LogP contribution is 2.59. The van der Waals surface area contributed by atoms with Crippen LogP contribution in [0.4, 0.5) is 0 Å². The van der Waals surface area contributed by atoms with Crippen LogP contribution in [0.15, 0.2) is 48.5 Å². The molecule has 0 aliphatic heterocycles. The lowest BCUT2D eigenvalue weighted by Crippen LogP contribution is -2.11. The van der Waals surface area contributed by atoms with Gasteiger partial charge >= 0.3 is 11.9 Å². The molecule has 2 aromatic rings. The first-order valence-electron chi connectivity index (χ1n) is 8.64. The van der Waals surface area contributed by atoms with Gasteiger partial charge in [0, 0.05) is 11.8 Å². The van der Waals surface area contributed by atoms with Crippen LogP contribution in [-0.4, -0.2) is 29.5 Å². The van der Waals surface area contributed by atoms with E-state index >= 15 is 0 Å². The van der Waals surface area contributed by atoms with Crippen molar-refractivity contribution in [2.75, 3.05) is 13.2 Å². The normalized spacial score (nSPS) is 20.0. The summed E-state index contributed by atoms with van der Waals surface area (Å²) in [5, 5.41) is 0. The zero-order chi connectivity index (χ0) is 19.6. The first-order valence-corrected chi connectivity index (χ1v) is 9.40. The van der Waals surface area contributed by atoms with Gasteiger partial charge in [-0.15, -0.1) is 23.2 Å². The number of carbonyl (C=O) groups is 2. The summed E-state index contributed by atoms with van der Waals surface area (Å²) in [4.78, 5) is 24.2. The summed E-state index contributed by atoms with van der Waals surface area (Å²) in [6, 6.07) is 14.2. The third-order valence-electron chi connectivity index (χ3n) is 4.73. The second-order valence-corrected chi connectivity index (χ2v) is 8.26. The number of benzene rings is 2. The predicted octanol–water partition coefficient (Wildman–Crippen LogP) is 4.74. The van der Waals surface area contributed by atoms with Crippen molar-refractivity contribution in [1.29, 1.82) is 0 Å². The van der Waals surface area contributed by atoms with Gasteiger partial charge in [0.05, 0.1) is 24.3 Å². The summed E-state index contributed by atoms with van der Waals surface area (Å²) in [6.07, 6.45) is 0. The summed E-state index contributed by atoms with van der Waals surface area (Å²) >= 11 is 12.5. The molecule has 0 amide bonds. The number of halogens is 2. The van der Waals surface area contributed by atoms with E-state index in [9.17, 15) is 9.59 Å². The smallest absolute Gasteiger partial charge is 0.338 e. The maximum absolute atomic E-state index is 12.1. The van der Waals surface area contributed by atoms with Crippen LogP contribution >= 0.6 is 23.2 Å². The lowest BCUT2D eigenvalue weighted by molar-refractivity contribution is 0.0419. The van der Waals surface area contributed by atoms with E-state index in [0.717, 1.165) is 11.1 Å². The van der Waals surface area contributed by atoms with E-state index in [0.29, 0.717) is 11.1 Å². The number of carbonyl (C=O) groups excluding carboxylic acids is 2. The van der Waals surface area contributed by atoms with Crippen molar-refractivity contribution in [3.63, 3.8) is 0 Å². The highest BCUT2D eigenvalue weighted by atomic mass is 35.5. The molecule has 2 unspecified atom stereocenters. The second kappa shape index (κ2) is 7.91. The molecule has 27 heavy (non-hydrogen) atoms. The summed E-state index contributed by atoms with van der Waals surface area (Å²) in [6.45, 7) is 4.03. The zero-order valence-corrected chi connectivity index (χ0v) is 16.6. The average Bonchev–Trinajstić information content (AvgIpc) is 3.18. The van der Waals surface area contributed by atoms with Gasteiger partial charge in [-0.2, -0.15) is 0 Å². The fourth-order valence-electron chi connectivity index (χ4n) is 2.79. The number of alkyl halides is 2. The minimum absolute atomic E-state index is 0.0759. The Morgan fingerprint density at radius 1 is 0.778 bits per heavy atom. The van der Waals surface area contributed by atoms with Crippen LogP contribution < -0.4 is 0 Å². The summed E-state index contributed by atoms with van der Waals surface area (Å²) in [7, 11) is 0. The van der Waals surface area contributed by atoms with Crippen molar-refractivity contribution in [1.82, 2.24) is 0 Å². The van der Waals surface area contributed by atoms with Crippen molar-refractivity contribution in [2.24, 2.45) is 11.8 Å². The third kappa shape index (κ3) is 4.63. The second-order valence-electron chi connectivity index (χ2n) is 6.82. The van der Waals surface area contributed by atoms with Crippen LogP contribution in [0.5, 0.6) is 0 Å². The number of aryl methyl sites for hydroxylation is 2. The summed E-state index contributed by atoms with van der Waals surface area (Å²) in [5.74, 6) is -1.41. The van der Waals surface area contributed by atoms with Crippen molar-refractivity contribution in [2.45, 2.75) is 18.2 Å². The molecule has 0 spiro atoms. The first-order chi connectivity index (χ1) is 12.8. The van der Waals surface area contributed by atoms with E-state index in [1.54, 1.807) is 24.3 Å². The molecular weight excluding hydrogens is 387 g/mol. The molecule has 0 N–H and O–H groups in total. The number of ether oxygens (including phenoxy) is 2. The Bertz CT molecular complexity index is 759. The van der Waals surface area contributed by atoms with Crippen molar-refractivity contribution in [3.8, 4) is 0 Å². The van der Waals surface area contributed by atoms with Gasteiger partial charge < -0.3 is 9.47 Å². The maximum Gasteiger partial charge on any atom is 0.338 e. The molecule has 1 aliphatic rings. The van der Waals surface area contributed by atoms with Gasteiger partial charge in [0.25, 0.3) is 0 Å². The lowest BCUT2D eigenvalue weighted by Gasteiger charge is -2.06. The van der Waals surface area contributed by atoms with Crippen molar-refractivity contribution >= 4 is 35.1 Å². The number of hydrogen-bond acceptors (Lipinski definition) is 4. The summed E-state index contributed by atoms with van der Waals surface area (Å²) < 4.78 is 9.56. The molecule has 0 heterocycles. The van der Waals surface area contributed by atoms with Crippen LogP contribution in [-0.2, 0) is 9.47 Å². The Morgan fingerprint density at radius 3 is 1.44 bits per heavy atom. The molecule has 4 nitrogen and oxygen atoms in total. The van der Waals surface area contributed by atoms with E-state index < -0.39 is 16.3 Å². The largest absolute Gasteiger partial charge is 0.462 e. The average molecular weight is 407 g/mol. The maximum atomic E-state index is 12.1. The van der Waals surface area contributed by atoms with Gasteiger partial charge in [-0.1, -0.05) is 35.4 Å². The first kappa shape index (κ1) is 19.7. The molecule has 142 valence electrons. The fourth-order valence-corrected chi connectivity index (χ4v) is 3.53. The van der Waals surface area contributed by atoms with Gasteiger partial charge in [0.2, 0.25) is 0 Å². The molecule has 2 aromatic carbocycles. The minimum atomic E-state index is -1.07. The molecule has 6 heteroatoms. The predicted molar refractivity (Wildman–Crippen MR) is 104 cm³/mol. The Balaban J connectivity index is 1.49. The van der Waals surface area contributed by atoms with Gasteiger partial charge in [-0.05, 0) is 38.1 Å². The molecule has 0 saturated heterocycles. The van der Waals surface area contributed by atoms with Crippen molar-refractivity contribution < 1.29 is 19.1 Å². The van der Waals surface area contributed by atoms with Crippen LogP contribution in [0.3, 0.4) is 0 Å². The van der Waals surface area contributed by atoms with E-state index in [1.165, 1.54) is 0 Å². The summed E-state index contributed by atoms with van der Waals surface area (Å²) in [5.41, 5.74) is 3.06. The molecule has 0 radical (unpaired) electrons. The Labute approximate surface area is 168 Å². The van der Waals surface area contributed by atoms with Crippen LogP contribution in [0, 0.1) is 25.7 Å². The van der Waals surface area contributed by atoms with Crippen LogP contribution in [0.1, 0.15) is 31.8 Å². The highest BCUT2D eigenvalue weighted by molar-refractivity contribution is 6.51. The van der Waals surface area contributed by atoms with E-state index in [-0.39, 0.29) is 25.0 Å². The molecule has 1 saturated carbocycles. The van der Waals surface area contributed by atoms with Gasteiger partial charge in [0.15, 0.2) is 0 Å². The lowest BCUT2D eigenvalue weighted by atomic mass is 10.1. The van der Waals surface area contributed by atoms with Crippen molar-refractivity contribution in [3.05, 3.63) is 70.8 Å². The standard InChI is InChI=1S/C21H20Cl2O4/c1-13-3-7-15(8-4-13)19(24)26-11-17-18(21(17,22)23)12-27-20(25)16-9-5-14(2)6-10-16/h3-10,17-18H,11-12H2,1-2H3. The molecule has 1 aliphatic carbocycles. The Morgan fingerprint density at radius 2 is 1.11 bits per heavy atom. The number of hydrogen-bond donors (Lipinski definition) is 0. The van der Waals surface area contributed by atoms with Gasteiger partial charge in [0.1, 0.15) is 4.33 Å². The molecule has 2 atom stereocenters. The topological polar surface area (TPSA) is 52.6 Å². The number of rotatable bonds is 6. The van der Waals surface area contributed by atoms with Crippen LogP contribution in [0.25, 0.3) is 0 Å². The van der Waals surface area contributed by atoms with E-state index in [4.69, 9.17) is 32.7 Å². The minimum Gasteiger partial charge on any atom is -0.462 e.